The number of carbonyl (C=O) groups is 2. The summed E-state index contributed by atoms with van der Waals surface area (Å²) >= 11 is 0. The van der Waals surface area contributed by atoms with Gasteiger partial charge in [0.2, 0.25) is 11.4 Å². The van der Waals surface area contributed by atoms with Crippen LogP contribution in [0, 0.1) is 0 Å². The number of hydrogen-bond acceptors (Lipinski definition) is 7. The molecule has 0 saturated carbocycles. The Bertz CT molecular complexity index is 362. The first-order valence-corrected chi connectivity index (χ1v) is 5.61. The molecular weight excluding hydrogens is 259 g/mol. The van der Waals surface area contributed by atoms with Gasteiger partial charge in [0.15, 0.2) is 5.66 Å². The van der Waals surface area contributed by atoms with Gasteiger partial charge in [0, 0.05) is 0 Å². The molecule has 0 saturated heterocycles. The average Bonchev–Trinajstić information content (AvgIpc) is 1.98. The molecule has 100 valence electrons. The molecule has 1 unspecified atom stereocenters. The van der Waals surface area contributed by atoms with E-state index in [2.05, 4.69) is 11.5 Å². The van der Waals surface area contributed by atoms with Crippen LogP contribution in [0.5, 0.6) is 0 Å². The molecule has 0 radical (unpaired) electrons. The van der Waals surface area contributed by atoms with Crippen molar-refractivity contribution in [3.05, 3.63) is 0 Å². The summed E-state index contributed by atoms with van der Waals surface area (Å²) < 4.78 is 11.0. The molecule has 0 aromatic heterocycles. The van der Waals surface area contributed by atoms with Gasteiger partial charge in [-0.25, -0.2) is 0 Å². The van der Waals surface area contributed by atoms with E-state index < -0.39 is 36.5 Å². The van der Waals surface area contributed by atoms with Gasteiger partial charge in [-0.2, -0.15) is 0 Å². The van der Waals surface area contributed by atoms with E-state index in [1.165, 1.54) is 0 Å². The van der Waals surface area contributed by atoms with Gasteiger partial charge in [-0.3, -0.25) is 25.6 Å². The molecule has 0 spiro atoms. The maximum absolute atomic E-state index is 11.0. The van der Waals surface area contributed by atoms with Crippen molar-refractivity contribution < 1.29 is 34.2 Å². The summed E-state index contributed by atoms with van der Waals surface area (Å²) in [6.07, 6.45) is 0. The van der Waals surface area contributed by atoms with Crippen molar-refractivity contribution >= 4 is 19.4 Å². The Morgan fingerprint density at radius 1 is 1.00 bits per heavy atom. The fourth-order valence-electron chi connectivity index (χ4n) is 1.12. The predicted molar refractivity (Wildman–Crippen MR) is 52.5 cm³/mol. The van der Waals surface area contributed by atoms with Gasteiger partial charge in [0.1, 0.15) is 0 Å². The SMILES string of the molecule is NC(=O)[C@](N)(O)C([C@](N)(O)C(N)=O)P(=O)(O)O. The Hall–Kier alpha value is -1.07. The molecule has 0 aliphatic heterocycles. The van der Waals surface area contributed by atoms with Gasteiger partial charge in [-0.1, -0.05) is 0 Å². The Kier molecular flexibility index (Phi) is 4.04. The summed E-state index contributed by atoms with van der Waals surface area (Å²) in [7, 11) is -5.48. The molecule has 12 N–H and O–H groups in total. The van der Waals surface area contributed by atoms with Crippen molar-refractivity contribution in [3.8, 4) is 0 Å². The van der Waals surface area contributed by atoms with Crippen LogP contribution in [-0.2, 0) is 14.2 Å². The highest BCUT2D eigenvalue weighted by Crippen LogP contribution is 2.48. The highest BCUT2D eigenvalue weighted by atomic mass is 31.2. The van der Waals surface area contributed by atoms with E-state index >= 15 is 0 Å². The van der Waals surface area contributed by atoms with Crippen molar-refractivity contribution in [1.82, 2.24) is 0 Å². The maximum Gasteiger partial charge on any atom is 0.338 e. The number of rotatable bonds is 5. The zero-order valence-electron chi connectivity index (χ0n) is 8.35. The summed E-state index contributed by atoms with van der Waals surface area (Å²) in [6.45, 7) is 0. The molecule has 0 aromatic carbocycles. The van der Waals surface area contributed by atoms with Crippen molar-refractivity contribution in [2.75, 3.05) is 0 Å². The van der Waals surface area contributed by atoms with Gasteiger partial charge in [0.05, 0.1) is 0 Å². The van der Waals surface area contributed by atoms with E-state index in [4.69, 9.17) is 21.3 Å². The zero-order valence-corrected chi connectivity index (χ0v) is 9.24. The third-order valence-electron chi connectivity index (χ3n) is 1.96. The van der Waals surface area contributed by atoms with E-state index in [1.54, 1.807) is 0 Å². The van der Waals surface area contributed by atoms with Crippen molar-refractivity contribution in [2.45, 2.75) is 17.1 Å². The number of hydrogen-bond donors (Lipinski definition) is 8. The molecule has 3 atom stereocenters. The normalized spacial score (nSPS) is 21.1. The molecule has 12 heteroatoms. The molecule has 0 aromatic rings. The third kappa shape index (κ3) is 2.98. The van der Waals surface area contributed by atoms with Crippen LogP contribution in [0.1, 0.15) is 0 Å². The summed E-state index contributed by atoms with van der Waals surface area (Å²) in [4.78, 5) is 39.3. The molecule has 11 nitrogen and oxygen atoms in total. The van der Waals surface area contributed by atoms with E-state index in [0.717, 1.165) is 0 Å². The molecular formula is C5H13N4O7P. The Morgan fingerprint density at radius 2 is 1.24 bits per heavy atom. The van der Waals surface area contributed by atoms with E-state index in [0.29, 0.717) is 0 Å². The number of amides is 2. The second kappa shape index (κ2) is 4.31. The highest BCUT2D eigenvalue weighted by molar-refractivity contribution is 7.53. The van der Waals surface area contributed by atoms with Gasteiger partial charge >= 0.3 is 7.60 Å². The second-order valence-corrected chi connectivity index (χ2v) is 5.07. The summed E-state index contributed by atoms with van der Waals surface area (Å²) in [5.74, 6) is -3.62. The van der Waals surface area contributed by atoms with Crippen LogP contribution in [0.2, 0.25) is 0 Å². The topological polar surface area (TPSA) is 236 Å². The van der Waals surface area contributed by atoms with Gasteiger partial charge in [-0.05, 0) is 0 Å². The van der Waals surface area contributed by atoms with Crippen molar-refractivity contribution in [1.29, 1.82) is 0 Å². The number of aliphatic hydroxyl groups is 2. The Morgan fingerprint density at radius 3 is 1.35 bits per heavy atom. The predicted octanol–water partition coefficient (Wildman–Crippen LogP) is -5.20. The molecule has 0 rings (SSSR count). The molecule has 0 bridgehead atoms. The van der Waals surface area contributed by atoms with E-state index in [9.17, 15) is 24.4 Å². The van der Waals surface area contributed by atoms with Crippen LogP contribution in [0.15, 0.2) is 0 Å². The summed E-state index contributed by atoms with van der Waals surface area (Å²) in [6, 6.07) is 0. The minimum atomic E-state index is -5.48. The Balaban J connectivity index is 5.89. The van der Waals surface area contributed by atoms with Gasteiger partial charge in [-0.15, -0.1) is 0 Å². The quantitative estimate of drug-likeness (QED) is 0.176. The second-order valence-electron chi connectivity index (χ2n) is 3.37. The minimum Gasteiger partial charge on any atom is -0.367 e. The summed E-state index contributed by atoms with van der Waals surface area (Å²) in [5.41, 5.74) is 9.12. The van der Waals surface area contributed by atoms with E-state index in [1.807, 2.05) is 0 Å². The number of carbonyl (C=O) groups excluding carboxylic acids is 2. The zero-order chi connectivity index (χ0) is 14.2. The van der Waals surface area contributed by atoms with Gasteiger partial charge < -0.3 is 31.5 Å². The first-order chi connectivity index (χ1) is 7.25. The lowest BCUT2D eigenvalue weighted by Gasteiger charge is -2.37. The molecule has 0 aliphatic rings. The largest absolute Gasteiger partial charge is 0.367 e. The van der Waals surface area contributed by atoms with E-state index in [-0.39, 0.29) is 0 Å². The highest BCUT2D eigenvalue weighted by Gasteiger charge is 2.61. The van der Waals surface area contributed by atoms with Crippen LogP contribution >= 0.6 is 7.60 Å². The smallest absolute Gasteiger partial charge is 0.338 e. The van der Waals surface area contributed by atoms with Crippen LogP contribution < -0.4 is 22.9 Å². The minimum absolute atomic E-state index is 1.81. The number of nitrogens with two attached hydrogens (primary N) is 4. The van der Waals surface area contributed by atoms with Crippen LogP contribution in [-0.4, -0.2) is 48.9 Å². The molecule has 0 aliphatic carbocycles. The molecule has 0 heterocycles. The van der Waals surface area contributed by atoms with Crippen molar-refractivity contribution in [2.24, 2.45) is 22.9 Å². The fourth-order valence-corrected chi connectivity index (χ4v) is 2.40. The summed E-state index contributed by atoms with van der Waals surface area (Å²) in [5, 5.41) is 18.7. The lowest BCUT2D eigenvalue weighted by atomic mass is 9.99. The van der Waals surface area contributed by atoms with Crippen LogP contribution in [0.25, 0.3) is 0 Å². The maximum atomic E-state index is 11.0. The van der Waals surface area contributed by atoms with Crippen LogP contribution in [0.4, 0.5) is 0 Å². The van der Waals surface area contributed by atoms with Crippen molar-refractivity contribution in [3.63, 3.8) is 0 Å². The number of primary amides is 2. The third-order valence-corrected chi connectivity index (χ3v) is 3.42. The lowest BCUT2D eigenvalue weighted by Crippen LogP contribution is -2.73. The first kappa shape index (κ1) is 15.9. The Labute approximate surface area is 94.5 Å². The molecule has 2 amide bonds. The standard InChI is InChI=1S/C5H13N4O7P/c6-2(10)4(8,12)1(17(14,15)16)5(9,13)3(7)11/h1,12-13H,8-9H2,(H2,6,10)(H2,7,11)(H2,14,15,16)/t1?,4-,5+. The first-order valence-electron chi connectivity index (χ1n) is 3.93. The molecule has 17 heavy (non-hydrogen) atoms. The van der Waals surface area contributed by atoms with Gasteiger partial charge in [0.25, 0.3) is 11.8 Å². The average molecular weight is 272 g/mol. The monoisotopic (exact) mass is 272 g/mol. The molecule has 0 fully saturated rings. The van der Waals surface area contributed by atoms with Crippen LogP contribution in [0.3, 0.4) is 0 Å². The fraction of sp³-hybridized carbons (Fsp3) is 0.600. The lowest BCUT2D eigenvalue weighted by molar-refractivity contribution is -0.151.